The lowest BCUT2D eigenvalue weighted by molar-refractivity contribution is 0.113. The van der Waals surface area contributed by atoms with Crippen LogP contribution in [0.3, 0.4) is 0 Å². The van der Waals surface area contributed by atoms with E-state index in [2.05, 4.69) is 76.2 Å². The molecule has 0 N–H and O–H groups in total. The van der Waals surface area contributed by atoms with Gasteiger partial charge in [0.1, 0.15) is 0 Å². The molecule has 2 unspecified atom stereocenters. The molecule has 0 bridgehead atoms. The highest BCUT2D eigenvalue weighted by molar-refractivity contribution is 5.26. The van der Waals surface area contributed by atoms with Crippen LogP contribution in [-0.4, -0.2) is 13.2 Å². The summed E-state index contributed by atoms with van der Waals surface area (Å²) in [4.78, 5) is 0. The molecule has 112 valence electrons. The van der Waals surface area contributed by atoms with Gasteiger partial charge in [-0.25, -0.2) is 0 Å². The summed E-state index contributed by atoms with van der Waals surface area (Å²) >= 11 is 0. The quantitative estimate of drug-likeness (QED) is 0.705. The molecule has 0 aliphatic rings. The number of rotatable bonds is 6. The van der Waals surface area contributed by atoms with E-state index < -0.39 is 0 Å². The first-order valence-corrected chi connectivity index (χ1v) is 7.77. The topological polar surface area (TPSA) is 9.23 Å². The number of benzene rings is 2. The highest BCUT2D eigenvalue weighted by atomic mass is 16.5. The molecule has 0 saturated heterocycles. The van der Waals surface area contributed by atoms with Gasteiger partial charge in [-0.05, 0) is 25.0 Å². The van der Waals surface area contributed by atoms with Gasteiger partial charge >= 0.3 is 0 Å². The Labute approximate surface area is 129 Å². The van der Waals surface area contributed by atoms with E-state index in [0.29, 0.717) is 11.8 Å². The smallest absolute Gasteiger partial charge is 0.0532 e. The molecular formula is C20H26O. The van der Waals surface area contributed by atoms with E-state index in [1.807, 2.05) is 0 Å². The molecule has 0 heterocycles. The van der Waals surface area contributed by atoms with Gasteiger partial charge in [0, 0.05) is 11.8 Å². The first kappa shape index (κ1) is 15.8. The van der Waals surface area contributed by atoms with Crippen molar-refractivity contribution in [3.05, 3.63) is 70.8 Å². The van der Waals surface area contributed by atoms with Gasteiger partial charge in [-0.2, -0.15) is 0 Å². The standard InChI is InChI=1S/C20H26O/c1-15-7-5-9-19(11-15)17(3)13-21-14-18(4)20-10-6-8-16(2)12-20/h5-12,17-18H,13-14H2,1-4H3. The van der Waals surface area contributed by atoms with Crippen LogP contribution >= 0.6 is 0 Å². The molecule has 0 aliphatic carbocycles. The molecule has 2 rings (SSSR count). The summed E-state index contributed by atoms with van der Waals surface area (Å²) in [7, 11) is 0. The second-order valence-electron chi connectivity index (χ2n) is 6.17. The molecule has 0 radical (unpaired) electrons. The van der Waals surface area contributed by atoms with E-state index in [4.69, 9.17) is 4.74 Å². The fourth-order valence-electron chi connectivity index (χ4n) is 2.57. The van der Waals surface area contributed by atoms with E-state index in [0.717, 1.165) is 13.2 Å². The Balaban J connectivity index is 1.84. The normalized spacial score (nSPS) is 13.9. The van der Waals surface area contributed by atoms with Crippen molar-refractivity contribution in [3.63, 3.8) is 0 Å². The fourth-order valence-corrected chi connectivity index (χ4v) is 2.57. The minimum absolute atomic E-state index is 0.439. The highest BCUT2D eigenvalue weighted by Crippen LogP contribution is 2.20. The van der Waals surface area contributed by atoms with Crippen molar-refractivity contribution in [3.8, 4) is 0 Å². The van der Waals surface area contributed by atoms with Gasteiger partial charge in [0.25, 0.3) is 0 Å². The average molecular weight is 282 g/mol. The van der Waals surface area contributed by atoms with Crippen LogP contribution in [0.2, 0.25) is 0 Å². The minimum atomic E-state index is 0.439. The first-order chi connectivity index (χ1) is 10.1. The van der Waals surface area contributed by atoms with Crippen LogP contribution in [0.25, 0.3) is 0 Å². The lowest BCUT2D eigenvalue weighted by Gasteiger charge is -2.17. The largest absolute Gasteiger partial charge is 0.380 e. The molecule has 1 heteroatoms. The highest BCUT2D eigenvalue weighted by Gasteiger charge is 2.09. The molecule has 0 saturated carbocycles. The van der Waals surface area contributed by atoms with E-state index in [-0.39, 0.29) is 0 Å². The molecular weight excluding hydrogens is 256 g/mol. The third-order valence-corrected chi connectivity index (χ3v) is 3.96. The van der Waals surface area contributed by atoms with E-state index in [9.17, 15) is 0 Å². The maximum absolute atomic E-state index is 5.95. The Hall–Kier alpha value is -1.60. The zero-order valence-electron chi connectivity index (χ0n) is 13.6. The predicted octanol–water partition coefficient (Wildman–Crippen LogP) is 5.23. The van der Waals surface area contributed by atoms with E-state index >= 15 is 0 Å². The number of hydrogen-bond donors (Lipinski definition) is 0. The van der Waals surface area contributed by atoms with Crippen molar-refractivity contribution < 1.29 is 4.74 Å². The zero-order chi connectivity index (χ0) is 15.2. The SMILES string of the molecule is Cc1cccc(C(C)COCC(C)c2cccc(C)c2)c1. The van der Waals surface area contributed by atoms with Crippen LogP contribution in [0.5, 0.6) is 0 Å². The maximum atomic E-state index is 5.95. The van der Waals surface area contributed by atoms with Crippen molar-refractivity contribution in [1.82, 2.24) is 0 Å². The molecule has 1 nitrogen and oxygen atoms in total. The van der Waals surface area contributed by atoms with Crippen LogP contribution in [0.15, 0.2) is 48.5 Å². The van der Waals surface area contributed by atoms with Crippen LogP contribution in [0.1, 0.15) is 47.9 Å². The summed E-state index contributed by atoms with van der Waals surface area (Å²) < 4.78 is 5.95. The number of ether oxygens (including phenoxy) is 1. The lowest BCUT2D eigenvalue weighted by Crippen LogP contribution is -2.10. The molecule has 0 amide bonds. The Bertz CT molecular complexity index is 522. The Kier molecular flexibility index (Phi) is 5.58. The summed E-state index contributed by atoms with van der Waals surface area (Å²) in [6.07, 6.45) is 0. The first-order valence-electron chi connectivity index (χ1n) is 7.77. The Morgan fingerprint density at radius 1 is 0.762 bits per heavy atom. The zero-order valence-corrected chi connectivity index (χ0v) is 13.6. The number of hydrogen-bond acceptors (Lipinski definition) is 1. The molecule has 0 fully saturated rings. The van der Waals surface area contributed by atoms with Crippen molar-refractivity contribution >= 4 is 0 Å². The second-order valence-corrected chi connectivity index (χ2v) is 6.17. The van der Waals surface area contributed by atoms with Crippen LogP contribution < -0.4 is 0 Å². The molecule has 2 aromatic rings. The summed E-state index contributed by atoms with van der Waals surface area (Å²) in [5.41, 5.74) is 5.34. The molecule has 0 aromatic heterocycles. The third kappa shape index (κ3) is 4.71. The number of aryl methyl sites for hydroxylation is 2. The third-order valence-electron chi connectivity index (χ3n) is 3.96. The van der Waals surface area contributed by atoms with Gasteiger partial charge in [-0.3, -0.25) is 0 Å². The lowest BCUT2D eigenvalue weighted by atomic mass is 9.99. The Morgan fingerprint density at radius 2 is 1.19 bits per heavy atom. The van der Waals surface area contributed by atoms with Crippen molar-refractivity contribution in [2.24, 2.45) is 0 Å². The van der Waals surface area contributed by atoms with Gasteiger partial charge in [-0.15, -0.1) is 0 Å². The Morgan fingerprint density at radius 3 is 1.57 bits per heavy atom. The summed E-state index contributed by atoms with van der Waals surface area (Å²) in [6.45, 7) is 10.3. The van der Waals surface area contributed by atoms with Gasteiger partial charge in [0.2, 0.25) is 0 Å². The predicted molar refractivity (Wildman–Crippen MR) is 90.0 cm³/mol. The van der Waals surface area contributed by atoms with Crippen LogP contribution in [-0.2, 0) is 4.74 Å². The molecule has 0 aliphatic heterocycles. The van der Waals surface area contributed by atoms with E-state index in [1.54, 1.807) is 0 Å². The summed E-state index contributed by atoms with van der Waals surface area (Å²) in [5.74, 6) is 0.879. The fraction of sp³-hybridized carbons (Fsp3) is 0.400. The van der Waals surface area contributed by atoms with Crippen LogP contribution in [0.4, 0.5) is 0 Å². The second kappa shape index (κ2) is 7.42. The minimum Gasteiger partial charge on any atom is -0.380 e. The maximum Gasteiger partial charge on any atom is 0.0532 e. The van der Waals surface area contributed by atoms with E-state index in [1.165, 1.54) is 22.3 Å². The van der Waals surface area contributed by atoms with Crippen LogP contribution in [0, 0.1) is 13.8 Å². The average Bonchev–Trinajstić information content (AvgIpc) is 2.47. The molecule has 2 aromatic carbocycles. The van der Waals surface area contributed by atoms with Gasteiger partial charge < -0.3 is 4.74 Å². The summed E-state index contributed by atoms with van der Waals surface area (Å²) in [6, 6.07) is 17.4. The van der Waals surface area contributed by atoms with Gasteiger partial charge in [0.15, 0.2) is 0 Å². The molecule has 0 spiro atoms. The van der Waals surface area contributed by atoms with Gasteiger partial charge in [0.05, 0.1) is 13.2 Å². The van der Waals surface area contributed by atoms with Gasteiger partial charge in [-0.1, -0.05) is 73.5 Å². The van der Waals surface area contributed by atoms with Crippen molar-refractivity contribution in [2.75, 3.05) is 13.2 Å². The van der Waals surface area contributed by atoms with Crippen molar-refractivity contribution in [1.29, 1.82) is 0 Å². The summed E-state index contributed by atoms with van der Waals surface area (Å²) in [5, 5.41) is 0. The molecule has 21 heavy (non-hydrogen) atoms. The monoisotopic (exact) mass is 282 g/mol. The van der Waals surface area contributed by atoms with Crippen molar-refractivity contribution in [2.45, 2.75) is 39.5 Å². The molecule has 2 atom stereocenters.